The van der Waals surface area contributed by atoms with Crippen LogP contribution in [0.5, 0.6) is 0 Å². The van der Waals surface area contributed by atoms with Crippen LogP contribution >= 0.6 is 11.8 Å². The van der Waals surface area contributed by atoms with Crippen molar-refractivity contribution in [3.05, 3.63) is 29.8 Å². The molecule has 1 aromatic rings. The standard InChI is InChI=1S/C24H33N3O3S/c28-22(26-13-15-31-16-14-26)17-18-8-10-20(11-9-18)25-23(29)21-7-4-12-27(21)24(30)19-5-2-1-3-6-19/h8-11,19,21H,1-7,12-17H2,(H,25,29). The molecule has 31 heavy (non-hydrogen) atoms. The van der Waals surface area contributed by atoms with E-state index in [-0.39, 0.29) is 29.7 Å². The zero-order valence-electron chi connectivity index (χ0n) is 18.2. The highest BCUT2D eigenvalue weighted by atomic mass is 32.2. The van der Waals surface area contributed by atoms with E-state index in [2.05, 4.69) is 5.32 Å². The predicted octanol–water partition coefficient (Wildman–Crippen LogP) is 3.31. The van der Waals surface area contributed by atoms with Crippen LogP contribution in [0.3, 0.4) is 0 Å². The summed E-state index contributed by atoms with van der Waals surface area (Å²) in [5, 5.41) is 2.98. The van der Waals surface area contributed by atoms with Crippen LogP contribution in [0.1, 0.15) is 50.5 Å². The first-order valence-electron chi connectivity index (χ1n) is 11.7. The molecule has 1 N–H and O–H groups in total. The quantitative estimate of drug-likeness (QED) is 0.758. The summed E-state index contributed by atoms with van der Waals surface area (Å²) in [6, 6.07) is 7.16. The van der Waals surface area contributed by atoms with Crippen molar-refractivity contribution in [1.29, 1.82) is 0 Å². The van der Waals surface area contributed by atoms with Crippen molar-refractivity contribution >= 4 is 35.2 Å². The van der Waals surface area contributed by atoms with Crippen molar-refractivity contribution < 1.29 is 14.4 Å². The highest BCUT2D eigenvalue weighted by Gasteiger charge is 2.37. The molecule has 3 fully saturated rings. The molecule has 1 unspecified atom stereocenters. The summed E-state index contributed by atoms with van der Waals surface area (Å²) in [7, 11) is 0. The van der Waals surface area contributed by atoms with Crippen LogP contribution in [0.25, 0.3) is 0 Å². The first-order chi connectivity index (χ1) is 15.1. The number of rotatable bonds is 5. The Morgan fingerprint density at radius 1 is 0.903 bits per heavy atom. The monoisotopic (exact) mass is 443 g/mol. The second-order valence-electron chi connectivity index (χ2n) is 8.88. The molecule has 4 rings (SSSR count). The maximum atomic E-state index is 13.0. The van der Waals surface area contributed by atoms with E-state index in [1.54, 1.807) is 0 Å². The van der Waals surface area contributed by atoms with Gasteiger partial charge in [0, 0.05) is 42.7 Å². The molecule has 168 valence electrons. The second-order valence-corrected chi connectivity index (χ2v) is 10.1. The lowest BCUT2D eigenvalue weighted by molar-refractivity contribution is -0.141. The van der Waals surface area contributed by atoms with E-state index in [9.17, 15) is 14.4 Å². The van der Waals surface area contributed by atoms with Gasteiger partial charge in [-0.05, 0) is 43.4 Å². The topological polar surface area (TPSA) is 69.7 Å². The molecule has 0 spiro atoms. The van der Waals surface area contributed by atoms with E-state index < -0.39 is 0 Å². The van der Waals surface area contributed by atoms with Crippen molar-refractivity contribution in [2.75, 3.05) is 36.5 Å². The molecule has 1 aromatic carbocycles. The van der Waals surface area contributed by atoms with Crippen molar-refractivity contribution in [3.63, 3.8) is 0 Å². The summed E-state index contributed by atoms with van der Waals surface area (Å²) in [6.07, 6.45) is 7.37. The highest BCUT2D eigenvalue weighted by molar-refractivity contribution is 7.99. The maximum Gasteiger partial charge on any atom is 0.247 e. The van der Waals surface area contributed by atoms with E-state index in [1.165, 1.54) is 6.42 Å². The largest absolute Gasteiger partial charge is 0.341 e. The molecular weight excluding hydrogens is 410 g/mol. The summed E-state index contributed by atoms with van der Waals surface area (Å²) in [5.41, 5.74) is 1.67. The van der Waals surface area contributed by atoms with Crippen LogP contribution in [0.2, 0.25) is 0 Å². The highest BCUT2D eigenvalue weighted by Crippen LogP contribution is 2.29. The lowest BCUT2D eigenvalue weighted by Gasteiger charge is -2.30. The van der Waals surface area contributed by atoms with Gasteiger partial charge in [-0.25, -0.2) is 0 Å². The molecule has 2 aliphatic heterocycles. The molecule has 1 saturated carbocycles. The zero-order chi connectivity index (χ0) is 21.6. The van der Waals surface area contributed by atoms with Gasteiger partial charge in [0.05, 0.1) is 6.42 Å². The Balaban J connectivity index is 1.31. The van der Waals surface area contributed by atoms with Crippen LogP contribution in [0.4, 0.5) is 5.69 Å². The van der Waals surface area contributed by atoms with Gasteiger partial charge in [-0.15, -0.1) is 0 Å². The minimum absolute atomic E-state index is 0.0949. The van der Waals surface area contributed by atoms with Crippen molar-refractivity contribution in [1.82, 2.24) is 9.80 Å². The summed E-state index contributed by atoms with van der Waals surface area (Å²) in [6.45, 7) is 2.34. The van der Waals surface area contributed by atoms with E-state index in [1.807, 2.05) is 45.8 Å². The summed E-state index contributed by atoms with van der Waals surface area (Å²) < 4.78 is 0. The predicted molar refractivity (Wildman–Crippen MR) is 124 cm³/mol. The van der Waals surface area contributed by atoms with Gasteiger partial charge >= 0.3 is 0 Å². The Hall–Kier alpha value is -2.02. The normalized spacial score (nSPS) is 22.4. The van der Waals surface area contributed by atoms with Crippen molar-refractivity contribution in [2.24, 2.45) is 5.92 Å². The molecule has 6 nitrogen and oxygen atoms in total. The number of hydrogen-bond acceptors (Lipinski definition) is 4. The Labute approximate surface area is 189 Å². The minimum atomic E-state index is -0.368. The third-order valence-corrected chi connectivity index (χ3v) is 7.68. The number of carbonyl (C=O) groups is 3. The first-order valence-corrected chi connectivity index (χ1v) is 12.8. The number of carbonyl (C=O) groups excluding carboxylic acids is 3. The van der Waals surface area contributed by atoms with Gasteiger partial charge in [-0.2, -0.15) is 11.8 Å². The summed E-state index contributed by atoms with van der Waals surface area (Å²) >= 11 is 1.89. The number of nitrogens with zero attached hydrogens (tertiary/aromatic N) is 2. The Bertz CT molecular complexity index is 786. The van der Waals surface area contributed by atoms with Crippen molar-refractivity contribution in [3.8, 4) is 0 Å². The Morgan fingerprint density at radius 3 is 2.32 bits per heavy atom. The van der Waals surface area contributed by atoms with Crippen molar-refractivity contribution in [2.45, 2.75) is 57.4 Å². The summed E-state index contributed by atoms with van der Waals surface area (Å²) in [5.74, 6) is 2.35. The Kier molecular flexibility index (Phi) is 7.54. The van der Waals surface area contributed by atoms with Crippen LogP contribution in [-0.4, -0.2) is 64.7 Å². The Morgan fingerprint density at radius 2 is 1.61 bits per heavy atom. The number of hydrogen-bond donors (Lipinski definition) is 1. The van der Waals surface area contributed by atoms with Gasteiger partial charge in [-0.3, -0.25) is 14.4 Å². The fourth-order valence-electron chi connectivity index (χ4n) is 4.92. The zero-order valence-corrected chi connectivity index (χ0v) is 19.0. The van der Waals surface area contributed by atoms with E-state index in [4.69, 9.17) is 0 Å². The van der Waals surface area contributed by atoms with Crippen LogP contribution in [0.15, 0.2) is 24.3 Å². The first kappa shape index (κ1) is 22.2. The van der Waals surface area contributed by atoms with Gasteiger partial charge in [-0.1, -0.05) is 31.4 Å². The van der Waals surface area contributed by atoms with Gasteiger partial charge in [0.15, 0.2) is 0 Å². The van der Waals surface area contributed by atoms with E-state index >= 15 is 0 Å². The third-order valence-electron chi connectivity index (χ3n) is 6.73. The smallest absolute Gasteiger partial charge is 0.247 e. The number of benzene rings is 1. The molecule has 3 amide bonds. The molecule has 1 atom stereocenters. The van der Waals surface area contributed by atoms with Gasteiger partial charge in [0.2, 0.25) is 17.7 Å². The van der Waals surface area contributed by atoms with Gasteiger partial charge in [0.1, 0.15) is 6.04 Å². The molecule has 3 aliphatic rings. The average molecular weight is 444 g/mol. The molecular formula is C24H33N3O3S. The van der Waals surface area contributed by atoms with Crippen LogP contribution in [0, 0.1) is 5.92 Å². The molecule has 2 heterocycles. The fraction of sp³-hybridized carbons (Fsp3) is 0.625. The van der Waals surface area contributed by atoms with Crippen LogP contribution in [-0.2, 0) is 20.8 Å². The fourth-order valence-corrected chi connectivity index (χ4v) is 5.82. The molecule has 1 aliphatic carbocycles. The lowest BCUT2D eigenvalue weighted by Crippen LogP contribution is -2.46. The maximum absolute atomic E-state index is 13.0. The van der Waals surface area contributed by atoms with E-state index in [0.717, 1.165) is 68.7 Å². The molecule has 2 saturated heterocycles. The van der Waals surface area contributed by atoms with E-state index in [0.29, 0.717) is 18.7 Å². The number of amides is 3. The molecule has 7 heteroatoms. The van der Waals surface area contributed by atoms with Gasteiger partial charge < -0.3 is 15.1 Å². The molecule has 0 radical (unpaired) electrons. The number of anilines is 1. The second kappa shape index (κ2) is 10.5. The number of nitrogens with one attached hydrogen (secondary N) is 1. The summed E-state index contributed by atoms with van der Waals surface area (Å²) in [4.78, 5) is 42.1. The lowest BCUT2D eigenvalue weighted by atomic mass is 9.88. The van der Waals surface area contributed by atoms with Gasteiger partial charge in [0.25, 0.3) is 0 Å². The van der Waals surface area contributed by atoms with Crippen LogP contribution < -0.4 is 5.32 Å². The number of thioether (sulfide) groups is 1. The SMILES string of the molecule is O=C(Nc1ccc(CC(=O)N2CCSCC2)cc1)C1CCCN1C(=O)C1CCCCC1. The third kappa shape index (κ3) is 5.62. The molecule has 0 bridgehead atoms. The molecule has 0 aromatic heterocycles. The average Bonchev–Trinajstić information content (AvgIpc) is 3.31. The minimum Gasteiger partial charge on any atom is -0.341 e. The number of likely N-dealkylation sites (tertiary alicyclic amines) is 1.